The maximum atomic E-state index is 12.5. The summed E-state index contributed by atoms with van der Waals surface area (Å²) in [5.41, 5.74) is 2.67. The summed E-state index contributed by atoms with van der Waals surface area (Å²) in [6.45, 7) is 6.58. The summed E-state index contributed by atoms with van der Waals surface area (Å²) in [6, 6.07) is 8.79. The molecule has 0 saturated carbocycles. The van der Waals surface area contributed by atoms with Crippen molar-refractivity contribution in [2.75, 3.05) is 26.7 Å². The number of carbonyl (C=O) groups excluding carboxylic acids is 1. The van der Waals surface area contributed by atoms with Crippen LogP contribution in [0.1, 0.15) is 37.5 Å². The van der Waals surface area contributed by atoms with Gasteiger partial charge in [-0.1, -0.05) is 24.3 Å². The number of nitrogens with zero attached hydrogens (tertiary/aromatic N) is 2. The summed E-state index contributed by atoms with van der Waals surface area (Å²) < 4.78 is 5.98. The van der Waals surface area contributed by atoms with Crippen LogP contribution in [-0.2, 0) is 16.0 Å². The highest BCUT2D eigenvalue weighted by atomic mass is 16.5. The molecule has 4 nitrogen and oxygen atoms in total. The summed E-state index contributed by atoms with van der Waals surface area (Å²) >= 11 is 0. The molecular formula is C18H26N2O2. The molecule has 120 valence electrons. The summed E-state index contributed by atoms with van der Waals surface area (Å²) in [5, 5.41) is 0. The maximum Gasteiger partial charge on any atom is 0.240 e. The van der Waals surface area contributed by atoms with Crippen LogP contribution in [0.4, 0.5) is 0 Å². The van der Waals surface area contributed by atoms with E-state index in [1.807, 2.05) is 11.9 Å². The van der Waals surface area contributed by atoms with Crippen molar-refractivity contribution in [3.8, 4) is 0 Å². The third-order valence-electron chi connectivity index (χ3n) is 4.91. The van der Waals surface area contributed by atoms with Crippen molar-refractivity contribution in [2.24, 2.45) is 0 Å². The fraction of sp³-hybridized carbons (Fsp3) is 0.611. The molecule has 3 rings (SSSR count). The fourth-order valence-corrected chi connectivity index (χ4v) is 3.62. The summed E-state index contributed by atoms with van der Waals surface area (Å²) in [7, 11) is 2.05. The topological polar surface area (TPSA) is 32.8 Å². The van der Waals surface area contributed by atoms with Gasteiger partial charge in [0.1, 0.15) is 0 Å². The molecule has 0 aromatic heterocycles. The molecule has 2 aliphatic heterocycles. The number of likely N-dealkylation sites (tertiary alicyclic amines) is 1. The second-order valence-corrected chi connectivity index (χ2v) is 6.68. The minimum Gasteiger partial charge on any atom is -0.372 e. The average molecular weight is 302 g/mol. The number of carbonyl (C=O) groups is 1. The van der Waals surface area contributed by atoms with Gasteiger partial charge in [-0.15, -0.1) is 0 Å². The molecule has 0 N–H and O–H groups in total. The first-order valence-corrected chi connectivity index (χ1v) is 8.28. The van der Waals surface area contributed by atoms with Gasteiger partial charge in [0, 0.05) is 19.1 Å². The van der Waals surface area contributed by atoms with E-state index in [1.165, 1.54) is 11.1 Å². The lowest BCUT2D eigenvalue weighted by atomic mass is 9.97. The molecule has 0 spiro atoms. The van der Waals surface area contributed by atoms with Crippen molar-refractivity contribution < 1.29 is 9.53 Å². The van der Waals surface area contributed by atoms with Gasteiger partial charge in [0.05, 0.1) is 18.8 Å². The molecule has 2 atom stereocenters. The Kier molecular flexibility index (Phi) is 4.50. The van der Waals surface area contributed by atoms with E-state index < -0.39 is 0 Å². The highest BCUT2D eigenvalue weighted by molar-refractivity contribution is 5.84. The van der Waals surface area contributed by atoms with Crippen molar-refractivity contribution >= 4 is 5.91 Å². The molecule has 0 aliphatic carbocycles. The molecule has 22 heavy (non-hydrogen) atoms. The van der Waals surface area contributed by atoms with Crippen molar-refractivity contribution in [3.63, 3.8) is 0 Å². The monoisotopic (exact) mass is 302 g/mol. The predicted octanol–water partition coefficient (Wildman–Crippen LogP) is 2.24. The molecule has 2 heterocycles. The van der Waals surface area contributed by atoms with E-state index in [9.17, 15) is 4.79 Å². The molecule has 1 aromatic carbocycles. The van der Waals surface area contributed by atoms with E-state index in [1.54, 1.807) is 0 Å². The molecular weight excluding hydrogens is 276 g/mol. The van der Waals surface area contributed by atoms with Gasteiger partial charge >= 0.3 is 0 Å². The highest BCUT2D eigenvalue weighted by Gasteiger charge is 2.36. The van der Waals surface area contributed by atoms with E-state index in [2.05, 4.69) is 43.0 Å². The van der Waals surface area contributed by atoms with Crippen LogP contribution < -0.4 is 0 Å². The zero-order chi connectivity index (χ0) is 15.7. The Labute approximate surface area is 133 Å². The van der Waals surface area contributed by atoms with Crippen LogP contribution in [0.15, 0.2) is 24.3 Å². The Balaban J connectivity index is 1.68. The largest absolute Gasteiger partial charge is 0.372 e. The quantitative estimate of drug-likeness (QED) is 0.855. The Morgan fingerprint density at radius 3 is 2.86 bits per heavy atom. The van der Waals surface area contributed by atoms with E-state index in [-0.39, 0.29) is 24.1 Å². The van der Waals surface area contributed by atoms with Gasteiger partial charge < -0.3 is 9.64 Å². The van der Waals surface area contributed by atoms with Crippen LogP contribution in [0, 0.1) is 0 Å². The predicted molar refractivity (Wildman–Crippen MR) is 86.7 cm³/mol. The highest BCUT2D eigenvalue weighted by Crippen LogP contribution is 2.29. The van der Waals surface area contributed by atoms with Crippen LogP contribution >= 0.6 is 0 Å². The zero-order valence-corrected chi connectivity index (χ0v) is 13.8. The molecule has 1 fully saturated rings. The number of rotatable bonds is 4. The minimum absolute atomic E-state index is 0.0000822. The van der Waals surface area contributed by atoms with Crippen LogP contribution in [-0.4, -0.2) is 54.5 Å². The third-order valence-corrected chi connectivity index (χ3v) is 4.91. The molecule has 0 bridgehead atoms. The molecule has 0 radical (unpaired) electrons. The number of hydrogen-bond donors (Lipinski definition) is 0. The lowest BCUT2D eigenvalue weighted by Crippen LogP contribution is -2.43. The number of benzene rings is 1. The summed E-state index contributed by atoms with van der Waals surface area (Å²) in [4.78, 5) is 16.7. The number of likely N-dealkylation sites (N-methyl/N-ethyl adjacent to an activating group) is 1. The lowest BCUT2D eigenvalue weighted by Gasteiger charge is -2.32. The molecule has 0 unspecified atom stereocenters. The lowest BCUT2D eigenvalue weighted by molar-refractivity contribution is -0.133. The standard InChI is InChI=1S/C18H26N2O2/c1-13(2)20-10-8-16(18(20)21)19(3)12-17-15-7-5-4-6-14(15)9-11-22-17/h4-7,13,16-17H,8-12H2,1-3H3/t16-,17-/m1/s1. The van der Waals surface area contributed by atoms with Crippen LogP contribution in [0.2, 0.25) is 0 Å². The second-order valence-electron chi connectivity index (χ2n) is 6.68. The number of fused-ring (bicyclic) bond motifs is 1. The molecule has 1 saturated heterocycles. The van der Waals surface area contributed by atoms with Gasteiger partial charge in [-0.05, 0) is 44.9 Å². The number of amides is 1. The molecule has 1 amide bonds. The van der Waals surface area contributed by atoms with Crippen LogP contribution in [0.25, 0.3) is 0 Å². The second kappa shape index (κ2) is 6.39. The Morgan fingerprint density at radius 1 is 1.36 bits per heavy atom. The number of hydrogen-bond acceptors (Lipinski definition) is 3. The Bertz CT molecular complexity index is 544. The van der Waals surface area contributed by atoms with Gasteiger partial charge in [0.15, 0.2) is 0 Å². The fourth-order valence-electron chi connectivity index (χ4n) is 3.62. The Morgan fingerprint density at radius 2 is 2.14 bits per heavy atom. The SMILES string of the molecule is CC(C)N1CC[C@@H](N(C)C[C@H]2OCCc3ccccc32)C1=O. The van der Waals surface area contributed by atoms with Crippen molar-refractivity contribution in [2.45, 2.75) is 44.9 Å². The third kappa shape index (κ3) is 2.90. The van der Waals surface area contributed by atoms with Gasteiger partial charge in [-0.2, -0.15) is 0 Å². The van der Waals surface area contributed by atoms with Crippen LogP contribution in [0.3, 0.4) is 0 Å². The number of ether oxygens (including phenoxy) is 1. The molecule has 2 aliphatic rings. The normalized spacial score (nSPS) is 25.1. The van der Waals surface area contributed by atoms with Gasteiger partial charge in [0.2, 0.25) is 5.91 Å². The van der Waals surface area contributed by atoms with E-state index >= 15 is 0 Å². The van der Waals surface area contributed by atoms with E-state index in [4.69, 9.17) is 4.74 Å². The van der Waals surface area contributed by atoms with E-state index in [0.717, 1.165) is 32.5 Å². The first-order chi connectivity index (χ1) is 10.6. The van der Waals surface area contributed by atoms with Gasteiger partial charge in [-0.3, -0.25) is 9.69 Å². The Hall–Kier alpha value is -1.39. The summed E-state index contributed by atoms with van der Waals surface area (Å²) in [5.74, 6) is 0.265. The smallest absolute Gasteiger partial charge is 0.240 e. The molecule has 4 heteroatoms. The van der Waals surface area contributed by atoms with Crippen LogP contribution in [0.5, 0.6) is 0 Å². The first kappa shape index (κ1) is 15.5. The summed E-state index contributed by atoms with van der Waals surface area (Å²) in [6.07, 6.45) is 1.98. The van der Waals surface area contributed by atoms with Gasteiger partial charge in [0.25, 0.3) is 0 Å². The molecule has 1 aromatic rings. The van der Waals surface area contributed by atoms with Gasteiger partial charge in [-0.25, -0.2) is 0 Å². The zero-order valence-electron chi connectivity index (χ0n) is 13.8. The van der Waals surface area contributed by atoms with Crippen molar-refractivity contribution in [1.29, 1.82) is 0 Å². The van der Waals surface area contributed by atoms with Crippen molar-refractivity contribution in [1.82, 2.24) is 9.80 Å². The minimum atomic E-state index is 0.0000822. The van der Waals surface area contributed by atoms with Crippen molar-refractivity contribution in [3.05, 3.63) is 35.4 Å². The maximum absolute atomic E-state index is 12.5. The first-order valence-electron chi connectivity index (χ1n) is 8.28. The average Bonchev–Trinajstić information content (AvgIpc) is 2.89. The van der Waals surface area contributed by atoms with E-state index in [0.29, 0.717) is 0 Å².